The number of carbonyl (C=O) groups is 3. The summed E-state index contributed by atoms with van der Waals surface area (Å²) in [4.78, 5) is 49.8. The molecule has 3 amide bonds. The van der Waals surface area contributed by atoms with E-state index in [1.165, 1.54) is 0 Å². The van der Waals surface area contributed by atoms with E-state index in [1.807, 2.05) is 76.2 Å². The highest BCUT2D eigenvalue weighted by Crippen LogP contribution is 2.68. The summed E-state index contributed by atoms with van der Waals surface area (Å²) in [5.41, 5.74) is 3.45. The van der Waals surface area contributed by atoms with Crippen LogP contribution < -0.4 is 9.80 Å². The van der Waals surface area contributed by atoms with Crippen LogP contribution in [0.4, 0.5) is 11.4 Å². The number of hydrogen-bond donors (Lipinski definition) is 1. The van der Waals surface area contributed by atoms with Gasteiger partial charge in [0.1, 0.15) is 6.04 Å². The molecule has 2 aromatic rings. The summed E-state index contributed by atoms with van der Waals surface area (Å²) in [5.74, 6) is -1.97. The van der Waals surface area contributed by atoms with Crippen molar-refractivity contribution < 1.29 is 19.5 Å². The summed E-state index contributed by atoms with van der Waals surface area (Å²) < 4.78 is -0.846. The lowest BCUT2D eigenvalue weighted by molar-refractivity contribution is -0.143. The summed E-state index contributed by atoms with van der Waals surface area (Å²) in [6.07, 6.45) is 4.70. The molecule has 0 aliphatic carbocycles. The molecule has 7 nitrogen and oxygen atoms in total. The fourth-order valence-corrected chi connectivity index (χ4v) is 11.4. The molecule has 3 saturated heterocycles. The fourth-order valence-electron chi connectivity index (χ4n) is 7.84. The third-order valence-corrected chi connectivity index (χ3v) is 13.2. The maximum Gasteiger partial charge on any atom is 0.251 e. The normalized spacial score (nSPS) is 28.0. The van der Waals surface area contributed by atoms with Crippen molar-refractivity contribution in [3.05, 3.63) is 85.0 Å². The SMILES string of the molecule is C=CCN(C(=O)[C@H]1[C@H]2C(=O)N([C@@H](CO)[C@@H](C)CC)C(C(=O)N(CC=C)c3c(C)cccc3C)C23CC(Br)[C@@H]1S3)c1ccccc1. The molecule has 1 N–H and O–H groups in total. The van der Waals surface area contributed by atoms with Crippen LogP contribution in [-0.4, -0.2) is 74.3 Å². The molecule has 9 heteroatoms. The first-order chi connectivity index (χ1) is 21.6. The minimum atomic E-state index is -0.863. The topological polar surface area (TPSA) is 81.2 Å². The van der Waals surface area contributed by atoms with Crippen molar-refractivity contribution in [3.63, 3.8) is 0 Å². The van der Waals surface area contributed by atoms with Crippen LogP contribution in [-0.2, 0) is 14.4 Å². The number of fused-ring (bicyclic) bond motifs is 1. The largest absolute Gasteiger partial charge is 0.394 e. The first-order valence-corrected chi connectivity index (χ1v) is 17.6. The van der Waals surface area contributed by atoms with Crippen LogP contribution in [0.15, 0.2) is 73.8 Å². The molecular weight excluding hydrogens is 650 g/mol. The molecule has 45 heavy (non-hydrogen) atoms. The molecule has 3 fully saturated rings. The van der Waals surface area contributed by atoms with E-state index in [9.17, 15) is 14.7 Å². The molecule has 0 aromatic heterocycles. The van der Waals surface area contributed by atoms with Gasteiger partial charge in [-0.3, -0.25) is 14.4 Å². The van der Waals surface area contributed by atoms with Gasteiger partial charge in [0.15, 0.2) is 0 Å². The number of nitrogens with zero attached hydrogens (tertiary/aromatic N) is 3. The van der Waals surface area contributed by atoms with Crippen molar-refractivity contribution in [1.82, 2.24) is 4.90 Å². The van der Waals surface area contributed by atoms with E-state index in [4.69, 9.17) is 0 Å². The average molecular weight is 695 g/mol. The Labute approximate surface area is 279 Å². The van der Waals surface area contributed by atoms with Gasteiger partial charge in [-0.2, -0.15) is 0 Å². The predicted molar refractivity (Wildman–Crippen MR) is 187 cm³/mol. The monoisotopic (exact) mass is 693 g/mol. The summed E-state index contributed by atoms with van der Waals surface area (Å²) in [6.45, 7) is 16.2. The Morgan fingerprint density at radius 3 is 2.27 bits per heavy atom. The number of benzene rings is 2. The highest BCUT2D eigenvalue weighted by Gasteiger charge is 2.76. The third kappa shape index (κ3) is 5.48. The van der Waals surface area contributed by atoms with Crippen LogP contribution in [0.2, 0.25) is 0 Å². The third-order valence-electron chi connectivity index (χ3n) is 10.0. The van der Waals surface area contributed by atoms with Crippen LogP contribution in [0, 0.1) is 31.6 Å². The van der Waals surface area contributed by atoms with Crippen molar-refractivity contribution in [2.45, 2.75) is 67.4 Å². The van der Waals surface area contributed by atoms with E-state index >= 15 is 4.79 Å². The number of carbonyl (C=O) groups excluding carboxylic acids is 3. The van der Waals surface area contributed by atoms with Gasteiger partial charge in [0, 0.05) is 34.5 Å². The molecule has 3 aliphatic heterocycles. The maximum atomic E-state index is 15.2. The lowest BCUT2D eigenvalue weighted by Gasteiger charge is -2.41. The number of rotatable bonds is 12. The van der Waals surface area contributed by atoms with E-state index in [0.717, 1.165) is 28.9 Å². The van der Waals surface area contributed by atoms with Crippen molar-refractivity contribution in [2.24, 2.45) is 17.8 Å². The molecule has 3 unspecified atom stereocenters. The second kappa shape index (κ2) is 13.5. The number of alkyl halides is 1. The Bertz CT molecular complexity index is 1450. The van der Waals surface area contributed by atoms with E-state index in [1.54, 1.807) is 38.6 Å². The molecule has 1 spiro atoms. The first kappa shape index (κ1) is 33.5. The molecule has 3 aliphatic rings. The summed E-state index contributed by atoms with van der Waals surface area (Å²) in [5, 5.41) is 10.6. The smallest absolute Gasteiger partial charge is 0.251 e. The summed E-state index contributed by atoms with van der Waals surface area (Å²) >= 11 is 5.51. The zero-order valence-corrected chi connectivity index (χ0v) is 29.0. The first-order valence-electron chi connectivity index (χ1n) is 15.8. The van der Waals surface area contributed by atoms with Crippen molar-refractivity contribution >= 4 is 56.8 Å². The van der Waals surface area contributed by atoms with Crippen LogP contribution in [0.1, 0.15) is 37.8 Å². The Hall–Kier alpha value is -2.88. The zero-order chi connectivity index (χ0) is 32.6. The number of thioether (sulfide) groups is 1. The van der Waals surface area contributed by atoms with Crippen LogP contribution in [0.25, 0.3) is 0 Å². The van der Waals surface area contributed by atoms with Gasteiger partial charge < -0.3 is 19.8 Å². The number of amides is 3. The van der Waals surface area contributed by atoms with Gasteiger partial charge in [-0.25, -0.2) is 0 Å². The van der Waals surface area contributed by atoms with Gasteiger partial charge in [0.25, 0.3) is 5.91 Å². The van der Waals surface area contributed by atoms with Crippen molar-refractivity contribution in [1.29, 1.82) is 0 Å². The highest BCUT2D eigenvalue weighted by atomic mass is 79.9. The number of aryl methyl sites for hydroxylation is 2. The zero-order valence-electron chi connectivity index (χ0n) is 26.6. The summed E-state index contributed by atoms with van der Waals surface area (Å²) in [7, 11) is 0. The number of hydrogen-bond acceptors (Lipinski definition) is 5. The van der Waals surface area contributed by atoms with Gasteiger partial charge in [0.05, 0.1) is 29.2 Å². The van der Waals surface area contributed by atoms with Crippen LogP contribution >= 0.6 is 27.7 Å². The minimum absolute atomic E-state index is 0.0600. The average Bonchev–Trinajstić information content (AvgIpc) is 3.62. The van der Waals surface area contributed by atoms with Crippen molar-refractivity contribution in [3.8, 4) is 0 Å². The van der Waals surface area contributed by atoms with Crippen molar-refractivity contribution in [2.75, 3.05) is 29.5 Å². The quantitative estimate of drug-likeness (QED) is 0.221. The van der Waals surface area contributed by atoms with Gasteiger partial charge in [-0.15, -0.1) is 24.9 Å². The number of aliphatic hydroxyl groups excluding tert-OH is 1. The van der Waals surface area contributed by atoms with E-state index in [2.05, 4.69) is 29.1 Å². The van der Waals surface area contributed by atoms with Gasteiger partial charge in [-0.05, 0) is 49.4 Å². The lowest BCUT2D eigenvalue weighted by Crippen LogP contribution is -2.59. The van der Waals surface area contributed by atoms with E-state index in [0.29, 0.717) is 13.0 Å². The highest BCUT2D eigenvalue weighted by molar-refractivity contribution is 9.09. The molecule has 2 bridgehead atoms. The second-order valence-corrected chi connectivity index (χ2v) is 15.3. The van der Waals surface area contributed by atoms with Gasteiger partial charge >= 0.3 is 0 Å². The van der Waals surface area contributed by atoms with Gasteiger partial charge in [-0.1, -0.05) is 84.7 Å². The minimum Gasteiger partial charge on any atom is -0.394 e. The Morgan fingerprint density at radius 2 is 1.69 bits per heavy atom. The molecular formula is C36H44BrN3O4S. The molecule has 3 heterocycles. The summed E-state index contributed by atoms with van der Waals surface area (Å²) in [6, 6.07) is 14.0. The van der Waals surface area contributed by atoms with E-state index < -0.39 is 28.7 Å². The molecule has 0 radical (unpaired) electrons. The maximum absolute atomic E-state index is 15.2. The number of halogens is 1. The lowest BCUT2D eigenvalue weighted by atomic mass is 9.70. The molecule has 5 rings (SSSR count). The fraction of sp³-hybridized carbons (Fsp3) is 0.472. The molecule has 8 atom stereocenters. The molecule has 0 saturated carbocycles. The number of aliphatic hydroxyl groups is 1. The molecule has 240 valence electrons. The number of anilines is 2. The van der Waals surface area contributed by atoms with E-state index in [-0.39, 0.29) is 46.9 Å². The number of likely N-dealkylation sites (tertiary alicyclic amines) is 1. The predicted octanol–water partition coefficient (Wildman–Crippen LogP) is 5.91. The Kier molecular flexibility index (Phi) is 10.0. The van der Waals surface area contributed by atoms with Crippen LogP contribution in [0.3, 0.4) is 0 Å². The molecule has 2 aromatic carbocycles. The van der Waals surface area contributed by atoms with Crippen LogP contribution in [0.5, 0.6) is 0 Å². The number of para-hydroxylation sites is 2. The Balaban J connectivity index is 1.67. The second-order valence-electron chi connectivity index (χ2n) is 12.6. The standard InChI is InChI=1S/C36H44BrN3O4S/c1-7-18-38(25-16-11-10-12-17-25)33(42)28-29-34(43)40(27(21-41)22(4)9-3)32(36(29)20-26(37)31(28)45-36)35(44)39(19-8-2)30-23(5)14-13-15-24(30)6/h7-8,10-17,22,26-29,31-32,41H,1-2,9,18-21H2,3-6H3/t22-,26?,27-,28-,29-,31-,32?,36?/m0/s1. The Morgan fingerprint density at radius 1 is 1.07 bits per heavy atom. The van der Waals surface area contributed by atoms with Gasteiger partial charge in [0.2, 0.25) is 11.8 Å².